The van der Waals surface area contributed by atoms with E-state index in [4.69, 9.17) is 4.74 Å². The van der Waals surface area contributed by atoms with Crippen LogP contribution >= 0.6 is 0 Å². The molecule has 1 atom stereocenters. The number of rotatable bonds is 7. The van der Waals surface area contributed by atoms with Gasteiger partial charge < -0.3 is 15.0 Å². The Hall–Kier alpha value is -3.62. The summed E-state index contributed by atoms with van der Waals surface area (Å²) in [5.41, 5.74) is 1.59. The molecule has 1 saturated carbocycles. The fourth-order valence-corrected chi connectivity index (χ4v) is 5.33. The number of hydrogen-bond acceptors (Lipinski definition) is 4. The number of hydrogen-bond donors (Lipinski definition) is 1. The van der Waals surface area contributed by atoms with E-state index in [0.717, 1.165) is 43.4 Å². The lowest BCUT2D eigenvalue weighted by Gasteiger charge is -2.34. The van der Waals surface area contributed by atoms with E-state index < -0.39 is 23.6 Å². The first-order chi connectivity index (χ1) is 18.6. The number of nitrogens with one attached hydrogen (secondary N) is 1. The summed E-state index contributed by atoms with van der Waals surface area (Å²) in [6.45, 7) is 3.61. The molecule has 2 aromatic carbocycles. The molecule has 1 unspecified atom stereocenters. The molecule has 1 N–H and O–H groups in total. The van der Waals surface area contributed by atoms with Crippen LogP contribution in [0.3, 0.4) is 0 Å². The smallest absolute Gasteiger partial charge is 0.416 e. The Labute approximate surface area is 226 Å². The highest BCUT2D eigenvalue weighted by Crippen LogP contribution is 2.39. The lowest BCUT2D eigenvalue weighted by atomic mass is 9.83. The van der Waals surface area contributed by atoms with E-state index in [0.29, 0.717) is 16.8 Å². The number of nitrogens with zero attached hydrogens (tertiary/aromatic N) is 1. The summed E-state index contributed by atoms with van der Waals surface area (Å²) in [6, 6.07) is 11.7. The fraction of sp³-hybridized carbons (Fsp3) is 0.433. The molecule has 1 aliphatic carbocycles. The number of esters is 1. The topological polar surface area (TPSA) is 75.7 Å². The van der Waals surface area contributed by atoms with Crippen LogP contribution in [0.4, 0.5) is 13.2 Å². The van der Waals surface area contributed by atoms with Gasteiger partial charge >= 0.3 is 12.1 Å². The van der Waals surface area contributed by atoms with Crippen molar-refractivity contribution >= 4 is 17.8 Å². The summed E-state index contributed by atoms with van der Waals surface area (Å²) in [6.07, 6.45) is 0.846. The fourth-order valence-electron chi connectivity index (χ4n) is 5.33. The highest BCUT2D eigenvalue weighted by Gasteiger charge is 2.37. The molecule has 0 saturated heterocycles. The highest BCUT2D eigenvalue weighted by atomic mass is 19.4. The zero-order chi connectivity index (χ0) is 28.2. The molecule has 208 valence electrons. The Balaban J connectivity index is 1.55. The second kappa shape index (κ2) is 12.1. The van der Waals surface area contributed by atoms with Crippen LogP contribution in [0.25, 0.3) is 0 Å². The maximum atomic E-state index is 13.2. The van der Waals surface area contributed by atoms with Gasteiger partial charge in [-0.2, -0.15) is 13.2 Å². The van der Waals surface area contributed by atoms with Gasteiger partial charge in [0.05, 0.1) is 24.3 Å². The minimum Gasteiger partial charge on any atom is -0.463 e. The van der Waals surface area contributed by atoms with E-state index >= 15 is 0 Å². The summed E-state index contributed by atoms with van der Waals surface area (Å²) in [5.74, 6) is -1.71. The number of carbonyl (C=O) groups excluding carboxylic acids is 3. The molecular weight excluding hydrogens is 509 g/mol. The zero-order valence-corrected chi connectivity index (χ0v) is 22.1. The van der Waals surface area contributed by atoms with Gasteiger partial charge in [0.25, 0.3) is 5.91 Å². The Morgan fingerprint density at radius 1 is 1.00 bits per heavy atom. The van der Waals surface area contributed by atoms with Gasteiger partial charge in [0.1, 0.15) is 0 Å². The lowest BCUT2D eigenvalue weighted by molar-refractivity contribution is -0.140. The summed E-state index contributed by atoms with van der Waals surface area (Å²) in [7, 11) is 0. The molecule has 4 rings (SSSR count). The molecular formula is C30H33F3N2O4. The molecule has 1 heterocycles. The van der Waals surface area contributed by atoms with Crippen LogP contribution in [0.2, 0.25) is 0 Å². The van der Waals surface area contributed by atoms with Crippen LogP contribution < -0.4 is 5.32 Å². The van der Waals surface area contributed by atoms with Crippen molar-refractivity contribution in [1.82, 2.24) is 10.2 Å². The van der Waals surface area contributed by atoms with Gasteiger partial charge in [0.2, 0.25) is 5.91 Å². The SMILES string of the molecule is CCOC(=O)C1=C(C)N(Cc2ccc(C(=O)NC3CCCCC3)cc2)C(=O)CC1c1ccc(C(F)(F)F)cc1. The number of halogens is 3. The largest absolute Gasteiger partial charge is 0.463 e. The lowest BCUT2D eigenvalue weighted by Crippen LogP contribution is -2.38. The molecule has 1 aliphatic heterocycles. The van der Waals surface area contributed by atoms with E-state index in [1.807, 2.05) is 0 Å². The Morgan fingerprint density at radius 2 is 1.64 bits per heavy atom. The van der Waals surface area contributed by atoms with Crippen molar-refractivity contribution in [3.8, 4) is 0 Å². The monoisotopic (exact) mass is 542 g/mol. The van der Waals surface area contributed by atoms with E-state index in [9.17, 15) is 27.6 Å². The van der Waals surface area contributed by atoms with E-state index in [1.54, 1.807) is 38.1 Å². The molecule has 6 nitrogen and oxygen atoms in total. The zero-order valence-electron chi connectivity index (χ0n) is 22.1. The van der Waals surface area contributed by atoms with Crippen molar-refractivity contribution in [3.05, 3.63) is 82.1 Å². The van der Waals surface area contributed by atoms with Crippen molar-refractivity contribution in [2.24, 2.45) is 0 Å². The maximum Gasteiger partial charge on any atom is 0.416 e. The van der Waals surface area contributed by atoms with Crippen molar-refractivity contribution in [2.45, 2.75) is 77.1 Å². The van der Waals surface area contributed by atoms with Crippen LogP contribution in [0, 0.1) is 0 Å². The van der Waals surface area contributed by atoms with Crippen molar-refractivity contribution in [3.63, 3.8) is 0 Å². The second-order valence-corrected chi connectivity index (χ2v) is 10.1. The Bertz CT molecular complexity index is 1230. The number of ether oxygens (including phenoxy) is 1. The van der Waals surface area contributed by atoms with E-state index in [2.05, 4.69) is 5.32 Å². The van der Waals surface area contributed by atoms with Gasteiger partial charge in [-0.25, -0.2) is 4.79 Å². The molecule has 9 heteroatoms. The first-order valence-electron chi connectivity index (χ1n) is 13.3. The van der Waals surface area contributed by atoms with E-state index in [-0.39, 0.29) is 43.0 Å². The van der Waals surface area contributed by atoms with Crippen LogP contribution in [0.5, 0.6) is 0 Å². The second-order valence-electron chi connectivity index (χ2n) is 10.1. The average Bonchev–Trinajstić information content (AvgIpc) is 2.91. The normalized spacial score (nSPS) is 18.7. The molecule has 2 amide bonds. The number of allylic oxidation sites excluding steroid dienone is 1. The summed E-state index contributed by atoms with van der Waals surface area (Å²) >= 11 is 0. The quantitative estimate of drug-likeness (QED) is 0.428. The third-order valence-electron chi connectivity index (χ3n) is 7.46. The molecule has 39 heavy (non-hydrogen) atoms. The number of amides is 2. The van der Waals surface area contributed by atoms with Gasteiger partial charge in [-0.1, -0.05) is 43.5 Å². The summed E-state index contributed by atoms with van der Waals surface area (Å²) < 4.78 is 44.4. The molecule has 0 aromatic heterocycles. The van der Waals surface area contributed by atoms with E-state index in [1.165, 1.54) is 23.5 Å². The molecule has 0 bridgehead atoms. The van der Waals surface area contributed by atoms with Gasteiger partial charge in [0.15, 0.2) is 0 Å². The average molecular weight is 543 g/mol. The minimum absolute atomic E-state index is 0.0846. The number of alkyl halides is 3. The van der Waals surface area contributed by atoms with Gasteiger partial charge in [-0.15, -0.1) is 0 Å². The van der Waals surface area contributed by atoms with Gasteiger partial charge in [-0.05, 0) is 62.1 Å². The van der Waals surface area contributed by atoms with Crippen LogP contribution in [0.15, 0.2) is 59.8 Å². The Morgan fingerprint density at radius 3 is 2.23 bits per heavy atom. The first kappa shape index (κ1) is 28.4. The third kappa shape index (κ3) is 6.69. The Kier molecular flexibility index (Phi) is 8.77. The first-order valence-corrected chi connectivity index (χ1v) is 13.3. The molecule has 0 spiro atoms. The number of carbonyl (C=O) groups is 3. The minimum atomic E-state index is -4.49. The predicted molar refractivity (Wildman–Crippen MR) is 139 cm³/mol. The van der Waals surface area contributed by atoms with Crippen LogP contribution in [0.1, 0.15) is 85.3 Å². The van der Waals surface area contributed by atoms with Crippen molar-refractivity contribution in [2.75, 3.05) is 6.61 Å². The van der Waals surface area contributed by atoms with Gasteiger partial charge in [0, 0.05) is 29.6 Å². The molecule has 2 aliphatic rings. The van der Waals surface area contributed by atoms with Gasteiger partial charge in [-0.3, -0.25) is 9.59 Å². The third-order valence-corrected chi connectivity index (χ3v) is 7.46. The van der Waals surface area contributed by atoms with Crippen molar-refractivity contribution < 1.29 is 32.3 Å². The molecule has 0 radical (unpaired) electrons. The molecule has 1 fully saturated rings. The summed E-state index contributed by atoms with van der Waals surface area (Å²) in [4.78, 5) is 40.3. The van der Waals surface area contributed by atoms with Crippen molar-refractivity contribution in [1.29, 1.82) is 0 Å². The summed E-state index contributed by atoms with van der Waals surface area (Å²) in [5, 5.41) is 3.09. The van der Waals surface area contributed by atoms with Crippen LogP contribution in [-0.2, 0) is 27.0 Å². The molecule has 2 aromatic rings. The van der Waals surface area contributed by atoms with Crippen LogP contribution in [-0.4, -0.2) is 35.3 Å². The standard InChI is InChI=1S/C30H33F3N2O4/c1-3-39-29(38)27-19(2)35(26(36)17-25(27)21-13-15-23(16-14-21)30(31,32)33)18-20-9-11-22(12-10-20)28(37)34-24-7-5-4-6-8-24/h9-16,24-25H,3-8,17-18H2,1-2H3,(H,34,37). The number of benzene rings is 2. The highest BCUT2D eigenvalue weighted by molar-refractivity contribution is 5.96. The predicted octanol–water partition coefficient (Wildman–Crippen LogP) is 6.12. The maximum absolute atomic E-state index is 13.2.